The summed E-state index contributed by atoms with van der Waals surface area (Å²) in [6.45, 7) is 0.0577. The van der Waals surface area contributed by atoms with Gasteiger partial charge >= 0.3 is 0 Å². The van der Waals surface area contributed by atoms with Crippen LogP contribution in [-0.2, 0) is 14.8 Å². The molecule has 102 valence electrons. The lowest BCUT2D eigenvalue weighted by molar-refractivity contribution is 0.0554. The fraction of sp³-hybridized carbons (Fsp3) is 0.455. The van der Waals surface area contributed by atoms with Gasteiger partial charge in [-0.1, -0.05) is 0 Å². The van der Waals surface area contributed by atoms with Crippen molar-refractivity contribution in [2.45, 2.75) is 11.0 Å². The van der Waals surface area contributed by atoms with Gasteiger partial charge in [0, 0.05) is 26.4 Å². The predicted octanol–water partition coefficient (Wildman–Crippen LogP) is -0.103. The van der Waals surface area contributed by atoms with Gasteiger partial charge in [-0.2, -0.15) is 4.31 Å². The van der Waals surface area contributed by atoms with Crippen molar-refractivity contribution >= 4 is 15.7 Å². The molecule has 0 aliphatic heterocycles. The lowest BCUT2D eigenvalue weighted by Crippen LogP contribution is -2.36. The molecular formula is C11H18N2O4S. The van der Waals surface area contributed by atoms with Crippen molar-refractivity contribution in [3.63, 3.8) is 0 Å². The highest BCUT2D eigenvalue weighted by molar-refractivity contribution is 7.89. The fourth-order valence-corrected chi connectivity index (χ4v) is 2.67. The van der Waals surface area contributed by atoms with Crippen molar-refractivity contribution in [1.29, 1.82) is 0 Å². The molecule has 7 heteroatoms. The summed E-state index contributed by atoms with van der Waals surface area (Å²) in [5, 5.41) is 9.52. The van der Waals surface area contributed by atoms with Crippen molar-refractivity contribution in [2.24, 2.45) is 0 Å². The van der Waals surface area contributed by atoms with E-state index in [0.717, 1.165) is 4.31 Å². The molecule has 1 aromatic rings. The van der Waals surface area contributed by atoms with E-state index in [1.54, 1.807) is 0 Å². The second-order valence-corrected chi connectivity index (χ2v) is 6.01. The van der Waals surface area contributed by atoms with Crippen LogP contribution in [0.4, 0.5) is 5.69 Å². The Bertz CT molecular complexity index is 472. The minimum Gasteiger partial charge on any atom is -0.399 e. The number of nitrogen functional groups attached to an aromatic ring is 1. The van der Waals surface area contributed by atoms with Crippen LogP contribution in [0.1, 0.15) is 0 Å². The van der Waals surface area contributed by atoms with Gasteiger partial charge in [0.15, 0.2) is 0 Å². The van der Waals surface area contributed by atoms with Gasteiger partial charge in [-0.25, -0.2) is 8.42 Å². The number of aliphatic hydroxyl groups excluding tert-OH is 1. The first-order valence-corrected chi connectivity index (χ1v) is 6.81. The van der Waals surface area contributed by atoms with Gasteiger partial charge in [0.25, 0.3) is 0 Å². The predicted molar refractivity (Wildman–Crippen MR) is 68.6 cm³/mol. The lowest BCUT2D eigenvalue weighted by atomic mass is 10.3. The second kappa shape index (κ2) is 6.14. The first-order valence-electron chi connectivity index (χ1n) is 5.37. The summed E-state index contributed by atoms with van der Waals surface area (Å²) in [7, 11) is -0.757. The Balaban J connectivity index is 2.83. The van der Waals surface area contributed by atoms with Crippen LogP contribution in [0.25, 0.3) is 0 Å². The first-order chi connectivity index (χ1) is 8.37. The number of hydrogen-bond donors (Lipinski definition) is 2. The van der Waals surface area contributed by atoms with Crippen LogP contribution in [0, 0.1) is 0 Å². The van der Waals surface area contributed by atoms with E-state index in [0.29, 0.717) is 5.69 Å². The SMILES string of the molecule is COCC(O)CN(C)S(=O)(=O)c1ccc(N)cc1. The van der Waals surface area contributed by atoms with Crippen LogP contribution in [0.5, 0.6) is 0 Å². The van der Waals surface area contributed by atoms with E-state index < -0.39 is 16.1 Å². The number of nitrogens with two attached hydrogens (primary N) is 1. The molecule has 1 rings (SSSR count). The molecule has 6 nitrogen and oxygen atoms in total. The molecule has 0 spiro atoms. The summed E-state index contributed by atoms with van der Waals surface area (Å²) in [4.78, 5) is 0.142. The largest absolute Gasteiger partial charge is 0.399 e. The monoisotopic (exact) mass is 274 g/mol. The normalized spacial score (nSPS) is 13.8. The fourth-order valence-electron chi connectivity index (χ4n) is 1.46. The quantitative estimate of drug-likeness (QED) is 0.706. The minimum absolute atomic E-state index is 0.0272. The van der Waals surface area contributed by atoms with E-state index in [-0.39, 0.29) is 18.0 Å². The maximum Gasteiger partial charge on any atom is 0.242 e. The molecular weight excluding hydrogens is 256 g/mol. The molecule has 0 heterocycles. The average Bonchev–Trinajstić information content (AvgIpc) is 2.29. The van der Waals surface area contributed by atoms with E-state index in [4.69, 9.17) is 10.5 Å². The molecule has 18 heavy (non-hydrogen) atoms. The van der Waals surface area contributed by atoms with E-state index >= 15 is 0 Å². The Morgan fingerprint density at radius 1 is 1.39 bits per heavy atom. The number of sulfonamides is 1. The van der Waals surface area contributed by atoms with Crippen LogP contribution in [0.3, 0.4) is 0 Å². The number of aliphatic hydroxyl groups is 1. The molecule has 0 aliphatic carbocycles. The minimum atomic E-state index is -3.61. The third kappa shape index (κ3) is 3.67. The van der Waals surface area contributed by atoms with Crippen molar-refractivity contribution in [3.05, 3.63) is 24.3 Å². The zero-order chi connectivity index (χ0) is 13.8. The number of benzene rings is 1. The highest BCUT2D eigenvalue weighted by atomic mass is 32.2. The van der Waals surface area contributed by atoms with Crippen molar-refractivity contribution in [3.8, 4) is 0 Å². The topological polar surface area (TPSA) is 92.9 Å². The molecule has 0 aromatic heterocycles. The Labute approximate surface area is 107 Å². The number of rotatable bonds is 6. The molecule has 0 aliphatic rings. The molecule has 0 fully saturated rings. The van der Waals surface area contributed by atoms with Gasteiger partial charge in [0.1, 0.15) is 0 Å². The number of anilines is 1. The summed E-state index contributed by atoms with van der Waals surface area (Å²) in [6, 6.07) is 5.91. The maximum atomic E-state index is 12.1. The summed E-state index contributed by atoms with van der Waals surface area (Å²) >= 11 is 0. The van der Waals surface area contributed by atoms with E-state index in [1.807, 2.05) is 0 Å². The van der Waals surface area contributed by atoms with Crippen LogP contribution in [-0.4, -0.2) is 51.2 Å². The van der Waals surface area contributed by atoms with Gasteiger partial charge in [-0.05, 0) is 24.3 Å². The summed E-state index contributed by atoms with van der Waals surface area (Å²) in [5.41, 5.74) is 6.00. The Kier molecular flexibility index (Phi) is 5.09. The Morgan fingerprint density at radius 2 is 1.94 bits per heavy atom. The zero-order valence-corrected chi connectivity index (χ0v) is 11.2. The van der Waals surface area contributed by atoms with E-state index in [2.05, 4.69) is 0 Å². The molecule has 1 atom stereocenters. The molecule has 1 aromatic carbocycles. The molecule has 0 amide bonds. The third-order valence-corrected chi connectivity index (χ3v) is 4.25. The number of hydrogen-bond acceptors (Lipinski definition) is 5. The van der Waals surface area contributed by atoms with Gasteiger partial charge in [-0.3, -0.25) is 0 Å². The maximum absolute atomic E-state index is 12.1. The van der Waals surface area contributed by atoms with Crippen molar-refractivity contribution in [2.75, 3.05) is 33.0 Å². The molecule has 0 radical (unpaired) electrons. The third-order valence-electron chi connectivity index (χ3n) is 2.42. The van der Waals surface area contributed by atoms with Crippen LogP contribution in [0.2, 0.25) is 0 Å². The highest BCUT2D eigenvalue weighted by Crippen LogP contribution is 2.16. The van der Waals surface area contributed by atoms with Crippen LogP contribution < -0.4 is 5.73 Å². The standard InChI is InChI=1S/C11H18N2O4S/c1-13(7-10(14)8-17-2)18(15,16)11-5-3-9(12)4-6-11/h3-6,10,14H,7-8,12H2,1-2H3. The Morgan fingerprint density at radius 3 is 2.44 bits per heavy atom. The van der Waals surface area contributed by atoms with Crippen molar-refractivity contribution in [1.82, 2.24) is 4.31 Å². The van der Waals surface area contributed by atoms with Crippen LogP contribution >= 0.6 is 0 Å². The Hall–Kier alpha value is -1.15. The molecule has 0 saturated heterocycles. The first kappa shape index (κ1) is 14.9. The van der Waals surface area contributed by atoms with Gasteiger partial charge in [-0.15, -0.1) is 0 Å². The molecule has 3 N–H and O–H groups in total. The van der Waals surface area contributed by atoms with Gasteiger partial charge < -0.3 is 15.6 Å². The molecule has 0 saturated carbocycles. The highest BCUT2D eigenvalue weighted by Gasteiger charge is 2.22. The van der Waals surface area contributed by atoms with E-state index in [1.165, 1.54) is 38.4 Å². The van der Waals surface area contributed by atoms with Crippen molar-refractivity contribution < 1.29 is 18.3 Å². The van der Waals surface area contributed by atoms with Gasteiger partial charge in [0.2, 0.25) is 10.0 Å². The number of likely N-dealkylation sites (N-methyl/N-ethyl adjacent to an activating group) is 1. The van der Waals surface area contributed by atoms with E-state index in [9.17, 15) is 13.5 Å². The number of ether oxygens (including phenoxy) is 1. The smallest absolute Gasteiger partial charge is 0.242 e. The molecule has 0 bridgehead atoms. The second-order valence-electron chi connectivity index (χ2n) is 3.96. The molecule has 1 unspecified atom stereocenters. The zero-order valence-electron chi connectivity index (χ0n) is 10.4. The summed E-state index contributed by atoms with van der Waals surface area (Å²) in [6.07, 6.45) is -0.858. The average molecular weight is 274 g/mol. The summed E-state index contributed by atoms with van der Waals surface area (Å²) < 4.78 is 30.1. The number of nitrogens with zero attached hydrogens (tertiary/aromatic N) is 1. The summed E-state index contributed by atoms with van der Waals surface area (Å²) in [5.74, 6) is 0. The van der Waals surface area contributed by atoms with Crippen LogP contribution in [0.15, 0.2) is 29.2 Å². The van der Waals surface area contributed by atoms with Gasteiger partial charge in [0.05, 0.1) is 17.6 Å². The lowest BCUT2D eigenvalue weighted by Gasteiger charge is -2.20. The number of methoxy groups -OCH3 is 1.